The van der Waals surface area contributed by atoms with Crippen LogP contribution in [0.3, 0.4) is 0 Å². The first-order valence-corrected chi connectivity index (χ1v) is 9.96. The van der Waals surface area contributed by atoms with Crippen molar-refractivity contribution in [1.82, 2.24) is 0 Å². The van der Waals surface area contributed by atoms with Gasteiger partial charge in [0.25, 0.3) is 0 Å². The zero-order valence-corrected chi connectivity index (χ0v) is 15.7. The van der Waals surface area contributed by atoms with Gasteiger partial charge >= 0.3 is 0 Å². The molecule has 1 heterocycles. The van der Waals surface area contributed by atoms with Crippen molar-refractivity contribution in [2.45, 2.75) is 103 Å². The maximum absolute atomic E-state index is 8.84. The van der Waals surface area contributed by atoms with Crippen molar-refractivity contribution in [1.29, 1.82) is 0 Å². The third-order valence-electron chi connectivity index (χ3n) is 4.56. The maximum atomic E-state index is 8.84. The zero-order chi connectivity index (χ0) is 17.5. The van der Waals surface area contributed by atoms with E-state index in [0.29, 0.717) is 13.0 Å². The van der Waals surface area contributed by atoms with E-state index in [-0.39, 0.29) is 12.2 Å². The van der Waals surface area contributed by atoms with Crippen molar-refractivity contribution in [3.63, 3.8) is 0 Å². The highest BCUT2D eigenvalue weighted by Crippen LogP contribution is 2.21. The van der Waals surface area contributed by atoms with Crippen LogP contribution in [0.15, 0.2) is 0 Å². The summed E-state index contributed by atoms with van der Waals surface area (Å²) in [6, 6.07) is 0. The zero-order valence-electron chi connectivity index (χ0n) is 15.7. The second-order valence-corrected chi connectivity index (χ2v) is 6.75. The van der Waals surface area contributed by atoms with E-state index in [1.165, 1.54) is 51.4 Å². The summed E-state index contributed by atoms with van der Waals surface area (Å²) in [6.07, 6.45) is 12.0. The monoisotopic (exact) mass is 346 g/mol. The summed E-state index contributed by atoms with van der Waals surface area (Å²) in [5.74, 6) is 0. The maximum Gasteiger partial charge on any atom is 0.193 e. The molecule has 0 unspecified atom stereocenters. The fourth-order valence-electron chi connectivity index (χ4n) is 3.00. The van der Waals surface area contributed by atoms with Crippen molar-refractivity contribution in [2.75, 3.05) is 19.8 Å². The molecule has 0 amide bonds. The molecule has 0 spiro atoms. The van der Waals surface area contributed by atoms with Gasteiger partial charge in [-0.25, -0.2) is 10.1 Å². The van der Waals surface area contributed by atoms with Crippen LogP contribution in [0, 0.1) is 0 Å². The average molecular weight is 347 g/mol. The van der Waals surface area contributed by atoms with Crippen molar-refractivity contribution in [3.8, 4) is 0 Å². The lowest BCUT2D eigenvalue weighted by molar-refractivity contribution is -0.369. The van der Waals surface area contributed by atoms with Crippen molar-refractivity contribution < 1.29 is 24.4 Å². The molecule has 0 saturated carbocycles. The Morgan fingerprint density at radius 2 is 1.33 bits per heavy atom. The molecule has 1 fully saturated rings. The summed E-state index contributed by atoms with van der Waals surface area (Å²) in [5, 5.41) is 8.84. The van der Waals surface area contributed by atoms with Crippen LogP contribution in [0.1, 0.15) is 84.5 Å². The van der Waals surface area contributed by atoms with E-state index in [2.05, 4.69) is 18.7 Å². The first kappa shape index (κ1) is 21.8. The Bertz CT molecular complexity index is 274. The summed E-state index contributed by atoms with van der Waals surface area (Å²) in [6.45, 7) is 6.35. The van der Waals surface area contributed by atoms with Crippen LogP contribution < -0.4 is 0 Å². The van der Waals surface area contributed by atoms with Gasteiger partial charge in [-0.3, -0.25) is 0 Å². The van der Waals surface area contributed by atoms with E-state index in [1.807, 2.05) is 0 Å². The van der Waals surface area contributed by atoms with E-state index in [9.17, 15) is 0 Å². The number of rotatable bonds is 15. The van der Waals surface area contributed by atoms with Gasteiger partial charge in [0.15, 0.2) is 6.29 Å². The van der Waals surface area contributed by atoms with Gasteiger partial charge in [-0.2, -0.15) is 0 Å². The second-order valence-electron chi connectivity index (χ2n) is 6.75. The molecule has 1 aliphatic heterocycles. The molecule has 0 aromatic heterocycles. The lowest BCUT2D eigenvalue weighted by Crippen LogP contribution is -2.45. The second kappa shape index (κ2) is 15.1. The van der Waals surface area contributed by atoms with E-state index in [4.69, 9.17) is 19.5 Å². The molecular weight excluding hydrogens is 308 g/mol. The van der Waals surface area contributed by atoms with Gasteiger partial charge in [0.05, 0.1) is 12.7 Å². The van der Waals surface area contributed by atoms with Crippen LogP contribution in [0.5, 0.6) is 0 Å². The average Bonchev–Trinajstić information content (AvgIpc) is 2.61. The van der Waals surface area contributed by atoms with Gasteiger partial charge in [0, 0.05) is 19.6 Å². The van der Waals surface area contributed by atoms with Crippen molar-refractivity contribution in [3.05, 3.63) is 0 Å². The van der Waals surface area contributed by atoms with Crippen LogP contribution in [0.25, 0.3) is 0 Å². The smallest absolute Gasteiger partial charge is 0.193 e. The Morgan fingerprint density at radius 3 is 1.88 bits per heavy atom. The standard InChI is InChI=1S/C19H38O5/c1-3-5-7-9-11-13-21-17-15-19(24-20)23-16-18(17)22-14-12-10-8-6-4-2/h17-20H,3-16H2,1-2H3/t17-,18+,19+/m0/s1. The number of hydrogen-bond acceptors (Lipinski definition) is 5. The highest BCUT2D eigenvalue weighted by Gasteiger charge is 2.33. The SMILES string of the molecule is CCCCCCCO[C@H]1C[C@@H](OO)OC[C@H]1OCCCCCCC. The third kappa shape index (κ3) is 9.94. The highest BCUT2D eigenvalue weighted by atomic mass is 17.1. The first-order chi connectivity index (χ1) is 11.8. The van der Waals surface area contributed by atoms with E-state index in [0.717, 1.165) is 26.1 Å². The largest absolute Gasteiger partial charge is 0.375 e. The topological polar surface area (TPSA) is 57.2 Å². The summed E-state index contributed by atoms with van der Waals surface area (Å²) in [4.78, 5) is 4.34. The Labute approximate surface area is 147 Å². The summed E-state index contributed by atoms with van der Waals surface area (Å²) < 4.78 is 17.4. The van der Waals surface area contributed by atoms with Crippen LogP contribution >= 0.6 is 0 Å². The summed E-state index contributed by atoms with van der Waals surface area (Å²) >= 11 is 0. The van der Waals surface area contributed by atoms with Gasteiger partial charge in [-0.05, 0) is 12.8 Å². The number of hydrogen-bond donors (Lipinski definition) is 1. The van der Waals surface area contributed by atoms with Gasteiger partial charge in [0.1, 0.15) is 6.10 Å². The molecule has 1 aliphatic rings. The minimum Gasteiger partial charge on any atom is -0.375 e. The lowest BCUT2D eigenvalue weighted by atomic mass is 10.1. The highest BCUT2D eigenvalue weighted by molar-refractivity contribution is 4.77. The lowest BCUT2D eigenvalue weighted by Gasteiger charge is -2.34. The van der Waals surface area contributed by atoms with Crippen molar-refractivity contribution in [2.24, 2.45) is 0 Å². The molecule has 0 aromatic rings. The first-order valence-electron chi connectivity index (χ1n) is 9.96. The molecule has 24 heavy (non-hydrogen) atoms. The molecule has 0 bridgehead atoms. The predicted octanol–water partition coefficient (Wildman–Crippen LogP) is 4.93. The number of unbranched alkanes of at least 4 members (excludes halogenated alkanes) is 8. The molecular formula is C19H38O5. The van der Waals surface area contributed by atoms with Gasteiger partial charge < -0.3 is 14.2 Å². The Balaban J connectivity index is 2.21. The summed E-state index contributed by atoms with van der Waals surface area (Å²) in [7, 11) is 0. The quantitative estimate of drug-likeness (QED) is 0.259. The fourth-order valence-corrected chi connectivity index (χ4v) is 3.00. The molecule has 1 saturated heterocycles. The third-order valence-corrected chi connectivity index (χ3v) is 4.56. The Morgan fingerprint density at radius 1 is 0.792 bits per heavy atom. The van der Waals surface area contributed by atoms with Crippen LogP contribution in [0.2, 0.25) is 0 Å². The van der Waals surface area contributed by atoms with E-state index in [1.54, 1.807) is 0 Å². The van der Waals surface area contributed by atoms with Crippen LogP contribution in [-0.2, 0) is 19.1 Å². The molecule has 0 radical (unpaired) electrons. The molecule has 5 nitrogen and oxygen atoms in total. The van der Waals surface area contributed by atoms with Gasteiger partial charge in [-0.1, -0.05) is 65.2 Å². The van der Waals surface area contributed by atoms with E-state index >= 15 is 0 Å². The number of ether oxygens (including phenoxy) is 3. The van der Waals surface area contributed by atoms with E-state index < -0.39 is 6.29 Å². The Kier molecular flexibility index (Phi) is 13.7. The fraction of sp³-hybridized carbons (Fsp3) is 1.00. The minimum atomic E-state index is -0.598. The van der Waals surface area contributed by atoms with Gasteiger partial charge in [-0.15, -0.1) is 0 Å². The molecule has 3 atom stereocenters. The molecule has 0 aromatic carbocycles. The molecule has 5 heteroatoms. The predicted molar refractivity (Wildman–Crippen MR) is 95.1 cm³/mol. The molecule has 0 aliphatic carbocycles. The molecule has 1 rings (SSSR count). The molecule has 144 valence electrons. The summed E-state index contributed by atoms with van der Waals surface area (Å²) in [5.41, 5.74) is 0. The van der Waals surface area contributed by atoms with Crippen molar-refractivity contribution >= 4 is 0 Å². The van der Waals surface area contributed by atoms with Gasteiger partial charge in [0.2, 0.25) is 0 Å². The van der Waals surface area contributed by atoms with Crippen LogP contribution in [0.4, 0.5) is 0 Å². The Hall–Kier alpha value is -0.200. The normalized spacial score (nSPS) is 24.4. The minimum absolute atomic E-state index is 0.0572. The van der Waals surface area contributed by atoms with Crippen LogP contribution in [-0.4, -0.2) is 43.6 Å². The molecule has 1 N–H and O–H groups in total.